The maximum Gasteiger partial charge on any atom is 0.337 e. The molecule has 3 aromatic carbocycles. The molecule has 278 valence electrons. The van der Waals surface area contributed by atoms with Gasteiger partial charge in [0.15, 0.2) is 9.84 Å². The molecule has 0 saturated heterocycles. The van der Waals surface area contributed by atoms with E-state index in [2.05, 4.69) is 23.6 Å². The lowest BCUT2D eigenvalue weighted by Crippen LogP contribution is -2.67. The van der Waals surface area contributed by atoms with E-state index < -0.39 is 67.6 Å². The van der Waals surface area contributed by atoms with Crippen LogP contribution < -0.4 is 16.4 Å². The highest BCUT2D eigenvalue weighted by atomic mass is 32.2. The maximum absolute atomic E-state index is 14.3. The zero-order valence-electron chi connectivity index (χ0n) is 29.7. The molecule has 0 unspecified atom stereocenters. The largest absolute Gasteiger partial charge is 0.459 e. The van der Waals surface area contributed by atoms with Gasteiger partial charge in [0.05, 0.1) is 23.1 Å². The van der Waals surface area contributed by atoms with Crippen molar-refractivity contribution in [3.8, 4) is 0 Å². The van der Waals surface area contributed by atoms with Crippen LogP contribution in [0.3, 0.4) is 0 Å². The number of carbonyl (C=O) groups is 2. The number of halogens is 2. The summed E-state index contributed by atoms with van der Waals surface area (Å²) in [6.45, 7) is 5.44. The first-order valence-electron chi connectivity index (χ1n) is 17.7. The number of benzene rings is 3. The van der Waals surface area contributed by atoms with E-state index in [0.29, 0.717) is 37.3 Å². The van der Waals surface area contributed by atoms with Gasteiger partial charge in [-0.15, -0.1) is 0 Å². The van der Waals surface area contributed by atoms with E-state index in [1.165, 1.54) is 0 Å². The summed E-state index contributed by atoms with van der Waals surface area (Å²) in [5.41, 5.74) is 6.37. The Morgan fingerprint density at radius 1 is 0.922 bits per heavy atom. The first kappa shape index (κ1) is 40.1. The Labute approximate surface area is 300 Å². The van der Waals surface area contributed by atoms with Gasteiger partial charge in [-0.1, -0.05) is 88.2 Å². The summed E-state index contributed by atoms with van der Waals surface area (Å²) in [5, 5.41) is 16.7. The molecule has 0 aliphatic heterocycles. The average molecular weight is 728 g/mol. The normalized spacial score (nSPS) is 16.2. The van der Waals surface area contributed by atoms with Gasteiger partial charge >= 0.3 is 5.97 Å². The first-order valence-corrected chi connectivity index (χ1v) is 19.5. The predicted molar refractivity (Wildman–Crippen MR) is 193 cm³/mol. The number of rotatable bonds is 20. The summed E-state index contributed by atoms with van der Waals surface area (Å²) >= 11 is 0. The Balaban J connectivity index is 1.64. The molecule has 1 saturated carbocycles. The number of sulfone groups is 1. The number of hydrogen-bond acceptors (Lipinski definition) is 8. The summed E-state index contributed by atoms with van der Waals surface area (Å²) in [6.07, 6.45) is 2.62. The van der Waals surface area contributed by atoms with Crippen LogP contribution in [0.4, 0.5) is 8.78 Å². The van der Waals surface area contributed by atoms with Gasteiger partial charge in [0.1, 0.15) is 18.2 Å². The number of aliphatic hydroxyl groups excluding tert-OH is 1. The Kier molecular flexibility index (Phi) is 13.9. The SMILES string of the molecule is CCCC(CCC)S(=O)(=O)C[C@@](N)(C(=O)N[C@@H](Cc1cc(F)cc(F)c1)[C@H](O)CNC1(c2cccc(CC)c2)CC1)C(=O)OCc1ccccc1. The number of ether oxygens (including phenoxy) is 1. The number of carbonyl (C=O) groups excluding carboxylic acids is 2. The molecule has 1 amide bonds. The number of nitrogens with one attached hydrogen (secondary N) is 2. The lowest BCUT2D eigenvalue weighted by molar-refractivity contribution is -0.155. The van der Waals surface area contributed by atoms with E-state index in [0.717, 1.165) is 42.5 Å². The van der Waals surface area contributed by atoms with Crippen LogP contribution >= 0.6 is 0 Å². The lowest BCUT2D eigenvalue weighted by atomic mass is 9.96. The van der Waals surface area contributed by atoms with E-state index in [-0.39, 0.29) is 25.1 Å². The van der Waals surface area contributed by atoms with Crippen LogP contribution in [0.1, 0.15) is 81.5 Å². The minimum atomic E-state index is -4.12. The minimum Gasteiger partial charge on any atom is -0.459 e. The fourth-order valence-electron chi connectivity index (χ4n) is 6.44. The molecule has 0 spiro atoms. The van der Waals surface area contributed by atoms with Gasteiger partial charge in [0, 0.05) is 18.2 Å². The second-order valence-corrected chi connectivity index (χ2v) is 16.0. The molecule has 5 N–H and O–H groups in total. The first-order chi connectivity index (χ1) is 24.2. The Morgan fingerprint density at radius 2 is 1.55 bits per heavy atom. The molecule has 1 aliphatic rings. The molecule has 3 atom stereocenters. The molecule has 1 aliphatic carbocycles. The third-order valence-corrected chi connectivity index (χ3v) is 11.9. The Morgan fingerprint density at radius 3 is 2.14 bits per heavy atom. The topological polar surface area (TPSA) is 148 Å². The molecule has 3 aromatic rings. The summed E-state index contributed by atoms with van der Waals surface area (Å²) < 4.78 is 61.5. The summed E-state index contributed by atoms with van der Waals surface area (Å²) in [4.78, 5) is 27.9. The molecule has 0 bridgehead atoms. The van der Waals surface area contributed by atoms with Crippen LogP contribution in [0.2, 0.25) is 0 Å². The van der Waals surface area contributed by atoms with Crippen molar-refractivity contribution in [2.75, 3.05) is 12.3 Å². The monoisotopic (exact) mass is 727 g/mol. The highest BCUT2D eigenvalue weighted by Gasteiger charge is 2.50. The van der Waals surface area contributed by atoms with Crippen molar-refractivity contribution in [1.29, 1.82) is 0 Å². The van der Waals surface area contributed by atoms with Crippen LogP contribution in [0.5, 0.6) is 0 Å². The molecule has 9 nitrogen and oxygen atoms in total. The highest BCUT2D eigenvalue weighted by molar-refractivity contribution is 7.92. The van der Waals surface area contributed by atoms with Crippen molar-refractivity contribution in [2.24, 2.45) is 5.73 Å². The fraction of sp³-hybridized carbons (Fsp3) is 0.487. The van der Waals surface area contributed by atoms with E-state index in [4.69, 9.17) is 10.5 Å². The van der Waals surface area contributed by atoms with Crippen LogP contribution in [-0.4, -0.2) is 60.6 Å². The second kappa shape index (κ2) is 17.7. The van der Waals surface area contributed by atoms with Crippen LogP contribution in [0, 0.1) is 11.6 Å². The third kappa shape index (κ3) is 10.7. The molecule has 51 heavy (non-hydrogen) atoms. The van der Waals surface area contributed by atoms with E-state index in [1.54, 1.807) is 30.3 Å². The van der Waals surface area contributed by atoms with E-state index in [1.807, 2.05) is 32.0 Å². The van der Waals surface area contributed by atoms with Crippen molar-refractivity contribution in [3.05, 3.63) is 107 Å². The quantitative estimate of drug-likeness (QED) is 0.0938. The van der Waals surface area contributed by atoms with Gasteiger partial charge in [-0.25, -0.2) is 22.0 Å². The summed E-state index contributed by atoms with van der Waals surface area (Å²) in [7, 11) is -4.12. The number of aliphatic hydroxyl groups is 1. The van der Waals surface area contributed by atoms with Crippen LogP contribution in [0.25, 0.3) is 0 Å². The molecule has 1 fully saturated rings. The predicted octanol–water partition coefficient (Wildman–Crippen LogP) is 5.02. The smallest absolute Gasteiger partial charge is 0.337 e. The molecule has 12 heteroatoms. The number of amides is 1. The number of aryl methyl sites for hydroxylation is 1. The maximum atomic E-state index is 14.3. The highest BCUT2D eigenvalue weighted by Crippen LogP contribution is 2.45. The minimum absolute atomic E-state index is 0.0392. The number of hydrogen-bond donors (Lipinski definition) is 4. The van der Waals surface area contributed by atoms with E-state index >= 15 is 0 Å². The van der Waals surface area contributed by atoms with Crippen LogP contribution in [0.15, 0.2) is 72.8 Å². The van der Waals surface area contributed by atoms with Gasteiger partial charge < -0.3 is 26.2 Å². The van der Waals surface area contributed by atoms with Crippen molar-refractivity contribution < 1.29 is 36.6 Å². The average Bonchev–Trinajstić information content (AvgIpc) is 3.90. The molecular formula is C39H51F2N3O6S. The van der Waals surface area contributed by atoms with Crippen molar-refractivity contribution >= 4 is 21.7 Å². The van der Waals surface area contributed by atoms with Gasteiger partial charge in [-0.05, 0) is 72.9 Å². The lowest BCUT2D eigenvalue weighted by Gasteiger charge is -2.32. The molecule has 0 aromatic heterocycles. The standard InChI is InChI=1S/C39H51F2N3O6S/c1-4-11-33(12-5-2)51(48,49)26-39(42,37(47)50-25-28-13-8-7-9-14-28)36(46)44-34(22-29-20-31(40)23-32(41)21-29)35(45)24-43-38(17-18-38)30-16-10-15-27(6-3)19-30/h7-10,13-16,19-21,23,33-35,43,45H,4-6,11-12,17-18,22,24-26,42H2,1-3H3,(H,44,46)/t34-,35+,39+/m0/s1. The van der Waals surface area contributed by atoms with Crippen molar-refractivity contribution in [2.45, 2.75) is 107 Å². The van der Waals surface area contributed by atoms with Gasteiger partial charge in [0.2, 0.25) is 5.54 Å². The Bertz CT molecular complexity index is 1710. The second-order valence-electron chi connectivity index (χ2n) is 13.7. The van der Waals surface area contributed by atoms with Crippen molar-refractivity contribution in [1.82, 2.24) is 10.6 Å². The molecule has 0 radical (unpaired) electrons. The van der Waals surface area contributed by atoms with Gasteiger partial charge in [0.25, 0.3) is 5.91 Å². The van der Waals surface area contributed by atoms with E-state index in [9.17, 15) is 31.9 Å². The van der Waals surface area contributed by atoms with Crippen LogP contribution in [-0.2, 0) is 49.2 Å². The van der Waals surface area contributed by atoms with Gasteiger partial charge in [-0.3, -0.25) is 4.79 Å². The number of esters is 1. The van der Waals surface area contributed by atoms with Gasteiger partial charge in [-0.2, -0.15) is 0 Å². The molecule has 0 heterocycles. The Hall–Kier alpha value is -3.71. The zero-order valence-corrected chi connectivity index (χ0v) is 30.5. The summed E-state index contributed by atoms with van der Waals surface area (Å²) in [6, 6.07) is 18.4. The zero-order chi connectivity index (χ0) is 37.2. The molecular weight excluding hydrogens is 677 g/mol. The number of nitrogens with two attached hydrogens (primary N) is 1. The fourth-order valence-corrected chi connectivity index (χ4v) is 8.75. The molecule has 4 rings (SSSR count). The summed E-state index contributed by atoms with van der Waals surface area (Å²) in [5.74, 6) is -5.17. The third-order valence-electron chi connectivity index (χ3n) is 9.59. The van der Waals surface area contributed by atoms with Crippen molar-refractivity contribution in [3.63, 3.8) is 0 Å².